The molecule has 0 heterocycles. The van der Waals surface area contributed by atoms with Gasteiger partial charge in [-0.1, -0.05) is 6.07 Å². The van der Waals surface area contributed by atoms with Gasteiger partial charge in [-0.3, -0.25) is 4.79 Å². The van der Waals surface area contributed by atoms with Crippen molar-refractivity contribution in [3.05, 3.63) is 23.8 Å². The monoisotopic (exact) mass is 345 g/mol. The second-order valence-corrected chi connectivity index (χ2v) is 6.87. The van der Waals surface area contributed by atoms with E-state index < -0.39 is 16.1 Å². The van der Waals surface area contributed by atoms with Crippen LogP contribution in [-0.2, 0) is 21.4 Å². The van der Waals surface area contributed by atoms with Crippen molar-refractivity contribution in [1.29, 1.82) is 0 Å². The Morgan fingerprint density at radius 2 is 1.83 bits per heavy atom. The number of hydrogen-bond donors (Lipinski definition) is 2. The lowest BCUT2D eigenvalue weighted by molar-refractivity contribution is -0.119. The molecule has 0 aliphatic rings. The summed E-state index contributed by atoms with van der Waals surface area (Å²) in [5.74, 6) is 0.865. The van der Waals surface area contributed by atoms with Crippen LogP contribution in [0.25, 0.3) is 0 Å². The van der Waals surface area contributed by atoms with Crippen molar-refractivity contribution in [3.63, 3.8) is 0 Å². The SMILES string of the molecule is COc1ccc(CCNC(=O)CNS(=O)(=O)N(C)C)cc1OC. The van der Waals surface area contributed by atoms with E-state index in [1.165, 1.54) is 14.1 Å². The smallest absolute Gasteiger partial charge is 0.279 e. The largest absolute Gasteiger partial charge is 0.493 e. The van der Waals surface area contributed by atoms with Crippen LogP contribution in [-0.4, -0.2) is 60.0 Å². The second-order valence-electron chi connectivity index (χ2n) is 4.90. The Morgan fingerprint density at radius 3 is 2.39 bits per heavy atom. The molecule has 0 aliphatic carbocycles. The zero-order valence-corrected chi connectivity index (χ0v) is 14.6. The van der Waals surface area contributed by atoms with Gasteiger partial charge in [-0.2, -0.15) is 17.4 Å². The van der Waals surface area contributed by atoms with Crippen LogP contribution in [0.1, 0.15) is 5.56 Å². The van der Waals surface area contributed by atoms with Crippen LogP contribution >= 0.6 is 0 Å². The van der Waals surface area contributed by atoms with Crippen molar-refractivity contribution in [2.45, 2.75) is 6.42 Å². The fourth-order valence-corrected chi connectivity index (χ4v) is 2.30. The van der Waals surface area contributed by atoms with Crippen LogP contribution in [0, 0.1) is 0 Å². The number of carbonyl (C=O) groups is 1. The number of benzene rings is 1. The van der Waals surface area contributed by atoms with E-state index in [1.807, 2.05) is 12.1 Å². The molecule has 0 bridgehead atoms. The number of ether oxygens (including phenoxy) is 2. The van der Waals surface area contributed by atoms with Gasteiger partial charge < -0.3 is 14.8 Å². The molecular formula is C14H23N3O5S. The summed E-state index contributed by atoms with van der Waals surface area (Å²) in [6.07, 6.45) is 0.590. The second kappa shape index (κ2) is 8.70. The van der Waals surface area contributed by atoms with E-state index in [0.29, 0.717) is 24.5 Å². The van der Waals surface area contributed by atoms with Gasteiger partial charge in [-0.15, -0.1) is 0 Å². The lowest BCUT2D eigenvalue weighted by Crippen LogP contribution is -2.42. The third kappa shape index (κ3) is 6.05. The maximum absolute atomic E-state index is 11.6. The predicted octanol–water partition coefficient (Wildman–Crippen LogP) is -0.241. The molecule has 0 aliphatic heterocycles. The fourth-order valence-electron chi connectivity index (χ4n) is 1.73. The van der Waals surface area contributed by atoms with E-state index in [0.717, 1.165) is 9.87 Å². The number of nitrogens with one attached hydrogen (secondary N) is 2. The van der Waals surface area contributed by atoms with Gasteiger partial charge >= 0.3 is 0 Å². The van der Waals surface area contributed by atoms with Gasteiger partial charge in [0.15, 0.2) is 11.5 Å². The fraction of sp³-hybridized carbons (Fsp3) is 0.500. The molecule has 0 aromatic heterocycles. The van der Waals surface area contributed by atoms with Crippen LogP contribution in [0.3, 0.4) is 0 Å². The van der Waals surface area contributed by atoms with Crippen molar-refractivity contribution in [2.24, 2.45) is 0 Å². The van der Waals surface area contributed by atoms with Crippen LogP contribution in [0.15, 0.2) is 18.2 Å². The first kappa shape index (κ1) is 19.2. The van der Waals surface area contributed by atoms with Crippen molar-refractivity contribution >= 4 is 16.1 Å². The molecule has 0 radical (unpaired) electrons. The standard InChI is InChI=1S/C14H23N3O5S/c1-17(2)23(19,20)16-10-14(18)15-8-7-11-5-6-12(21-3)13(9-11)22-4/h5-6,9,16H,7-8,10H2,1-4H3,(H,15,18). The topological polar surface area (TPSA) is 97.0 Å². The highest BCUT2D eigenvalue weighted by Gasteiger charge is 2.14. The summed E-state index contributed by atoms with van der Waals surface area (Å²) in [6.45, 7) is 0.0878. The lowest BCUT2D eigenvalue weighted by atomic mass is 10.1. The molecule has 2 N–H and O–H groups in total. The van der Waals surface area contributed by atoms with E-state index in [9.17, 15) is 13.2 Å². The van der Waals surface area contributed by atoms with Crippen LogP contribution in [0.4, 0.5) is 0 Å². The van der Waals surface area contributed by atoms with Gasteiger partial charge in [0.05, 0.1) is 20.8 Å². The third-order valence-corrected chi connectivity index (χ3v) is 4.55. The third-order valence-electron chi connectivity index (χ3n) is 3.08. The highest BCUT2D eigenvalue weighted by atomic mass is 32.2. The Labute approximate surface area is 136 Å². The molecule has 9 heteroatoms. The van der Waals surface area contributed by atoms with Crippen LogP contribution < -0.4 is 19.5 Å². The molecular weight excluding hydrogens is 322 g/mol. The molecule has 0 saturated carbocycles. The summed E-state index contributed by atoms with van der Waals surface area (Å²) in [5.41, 5.74) is 0.969. The molecule has 0 unspecified atom stereocenters. The van der Waals surface area contributed by atoms with Gasteiger partial charge in [0.2, 0.25) is 5.91 Å². The van der Waals surface area contributed by atoms with E-state index in [2.05, 4.69) is 10.0 Å². The van der Waals surface area contributed by atoms with E-state index in [1.54, 1.807) is 20.3 Å². The van der Waals surface area contributed by atoms with Gasteiger partial charge in [0.25, 0.3) is 10.2 Å². The summed E-state index contributed by atoms with van der Waals surface area (Å²) >= 11 is 0. The lowest BCUT2D eigenvalue weighted by Gasteiger charge is -2.12. The highest BCUT2D eigenvalue weighted by Crippen LogP contribution is 2.27. The Hall–Kier alpha value is -1.84. The average Bonchev–Trinajstić information content (AvgIpc) is 2.52. The van der Waals surface area contributed by atoms with Gasteiger partial charge in [-0.25, -0.2) is 0 Å². The minimum absolute atomic E-state index is 0.299. The molecule has 1 amide bonds. The van der Waals surface area contributed by atoms with Crippen molar-refractivity contribution in [3.8, 4) is 11.5 Å². The van der Waals surface area contributed by atoms with Gasteiger partial charge in [0.1, 0.15) is 0 Å². The summed E-state index contributed by atoms with van der Waals surface area (Å²) in [5, 5.41) is 2.65. The number of methoxy groups -OCH3 is 2. The molecule has 1 rings (SSSR count). The first-order valence-electron chi connectivity index (χ1n) is 6.95. The Bertz CT molecular complexity index is 631. The number of nitrogens with zero attached hydrogens (tertiary/aromatic N) is 1. The predicted molar refractivity (Wildman–Crippen MR) is 86.9 cm³/mol. The molecule has 0 spiro atoms. The molecule has 23 heavy (non-hydrogen) atoms. The van der Waals surface area contributed by atoms with Crippen molar-refractivity contribution in [2.75, 3.05) is 41.4 Å². The summed E-state index contributed by atoms with van der Waals surface area (Å²) in [7, 11) is 2.30. The summed E-state index contributed by atoms with van der Waals surface area (Å²) < 4.78 is 36.5. The first-order valence-corrected chi connectivity index (χ1v) is 8.39. The first-order chi connectivity index (χ1) is 10.8. The average molecular weight is 345 g/mol. The molecule has 1 aromatic rings. The van der Waals surface area contributed by atoms with Crippen molar-refractivity contribution < 1.29 is 22.7 Å². The molecule has 0 fully saturated rings. The Kier molecular flexibility index (Phi) is 7.27. The number of hydrogen-bond acceptors (Lipinski definition) is 5. The molecule has 1 aromatic carbocycles. The summed E-state index contributed by atoms with van der Waals surface area (Å²) in [4.78, 5) is 11.6. The van der Waals surface area contributed by atoms with Crippen LogP contribution in [0.2, 0.25) is 0 Å². The number of rotatable bonds is 9. The van der Waals surface area contributed by atoms with Crippen LogP contribution in [0.5, 0.6) is 11.5 Å². The molecule has 8 nitrogen and oxygen atoms in total. The minimum atomic E-state index is -3.60. The minimum Gasteiger partial charge on any atom is -0.493 e. The molecule has 0 saturated heterocycles. The highest BCUT2D eigenvalue weighted by molar-refractivity contribution is 7.87. The van der Waals surface area contributed by atoms with Gasteiger partial charge in [0, 0.05) is 20.6 Å². The van der Waals surface area contributed by atoms with Crippen molar-refractivity contribution in [1.82, 2.24) is 14.3 Å². The Balaban J connectivity index is 2.44. The van der Waals surface area contributed by atoms with E-state index in [4.69, 9.17) is 9.47 Å². The van der Waals surface area contributed by atoms with E-state index in [-0.39, 0.29) is 6.54 Å². The zero-order valence-electron chi connectivity index (χ0n) is 13.8. The molecule has 130 valence electrons. The number of carbonyl (C=O) groups excluding carboxylic acids is 1. The quantitative estimate of drug-likeness (QED) is 0.644. The maximum Gasteiger partial charge on any atom is 0.279 e. The number of amides is 1. The van der Waals surface area contributed by atoms with E-state index >= 15 is 0 Å². The Morgan fingerprint density at radius 1 is 1.17 bits per heavy atom. The maximum atomic E-state index is 11.6. The zero-order chi connectivity index (χ0) is 17.5. The van der Waals surface area contributed by atoms with Gasteiger partial charge in [-0.05, 0) is 24.1 Å². The normalized spacial score (nSPS) is 11.3. The summed E-state index contributed by atoms with van der Waals surface area (Å²) in [6, 6.07) is 5.50. The molecule has 0 atom stereocenters.